The molecule has 8 heteroatoms. The number of carbonyl (C=O) groups is 1. The number of hydrogen-bond donors (Lipinski definition) is 2. The lowest BCUT2D eigenvalue weighted by Crippen LogP contribution is -2.49. The fraction of sp³-hybridized carbons (Fsp3) is 0.429. The minimum Gasteiger partial charge on any atom is -0.468 e. The van der Waals surface area contributed by atoms with Gasteiger partial charge in [-0.2, -0.15) is 0 Å². The number of benzene rings is 1. The van der Waals surface area contributed by atoms with Gasteiger partial charge in [0.1, 0.15) is 17.9 Å². The average Bonchev–Trinajstić information content (AvgIpc) is 3.48. The van der Waals surface area contributed by atoms with Gasteiger partial charge in [-0.3, -0.25) is 4.79 Å². The van der Waals surface area contributed by atoms with E-state index in [1.54, 1.807) is 17.6 Å². The van der Waals surface area contributed by atoms with E-state index in [0.29, 0.717) is 19.5 Å². The lowest BCUT2D eigenvalue weighted by atomic mass is 10.0. The van der Waals surface area contributed by atoms with Crippen LogP contribution in [-0.2, 0) is 4.79 Å². The highest BCUT2D eigenvalue weighted by molar-refractivity contribution is 7.20. The molecule has 0 bridgehead atoms. The van der Waals surface area contributed by atoms with E-state index in [2.05, 4.69) is 34.9 Å². The summed E-state index contributed by atoms with van der Waals surface area (Å²) in [4.78, 5) is 19.5. The molecule has 2 saturated heterocycles. The molecule has 2 N–H and O–H groups in total. The highest BCUT2D eigenvalue weighted by atomic mass is 32.1. The number of thiazole rings is 1. The lowest BCUT2D eigenvalue weighted by Gasteiger charge is -2.33. The standard InChI is InChI=1S/C21H24N4O3S/c1-13-4-2-6-18-19(13)22-21(29-18)28-14-7-9-25(10-8-14)20(26)16-12-15(23-24-16)17-5-3-11-27-17/h2-6,11,14-16,23-24H,7-10,12H2,1H3. The minimum atomic E-state index is -0.227. The maximum absolute atomic E-state index is 12.9. The molecule has 2 atom stereocenters. The Morgan fingerprint density at radius 2 is 2.10 bits per heavy atom. The first-order chi connectivity index (χ1) is 14.2. The minimum absolute atomic E-state index is 0.0299. The molecule has 4 heterocycles. The molecule has 2 fully saturated rings. The number of aromatic nitrogens is 1. The van der Waals surface area contributed by atoms with Crippen molar-refractivity contribution in [2.75, 3.05) is 13.1 Å². The number of aryl methyl sites for hydroxylation is 1. The number of nitrogens with one attached hydrogen (secondary N) is 2. The summed E-state index contributed by atoms with van der Waals surface area (Å²) in [5.74, 6) is 0.992. The van der Waals surface area contributed by atoms with Crippen molar-refractivity contribution in [2.24, 2.45) is 0 Å². The first-order valence-electron chi connectivity index (χ1n) is 10.0. The molecular formula is C21H24N4O3S. The summed E-state index contributed by atoms with van der Waals surface area (Å²) in [5.41, 5.74) is 8.47. The number of ether oxygens (including phenoxy) is 1. The molecule has 0 aliphatic carbocycles. The summed E-state index contributed by atoms with van der Waals surface area (Å²) in [6, 6.07) is 9.79. The molecular weight excluding hydrogens is 388 g/mol. The van der Waals surface area contributed by atoms with Crippen LogP contribution in [0.4, 0.5) is 0 Å². The second-order valence-corrected chi connectivity index (χ2v) is 8.68. The summed E-state index contributed by atoms with van der Waals surface area (Å²) in [6.07, 6.45) is 4.09. The molecule has 29 heavy (non-hydrogen) atoms. The largest absolute Gasteiger partial charge is 0.468 e. The molecule has 2 aliphatic rings. The van der Waals surface area contributed by atoms with Crippen molar-refractivity contribution < 1.29 is 13.9 Å². The zero-order chi connectivity index (χ0) is 19.8. The van der Waals surface area contributed by atoms with Crippen LogP contribution in [0.5, 0.6) is 5.19 Å². The van der Waals surface area contributed by atoms with Crippen molar-refractivity contribution in [2.45, 2.75) is 44.4 Å². The van der Waals surface area contributed by atoms with Gasteiger partial charge in [0.05, 0.1) is 22.5 Å². The zero-order valence-electron chi connectivity index (χ0n) is 16.3. The number of nitrogens with zero attached hydrogens (tertiary/aromatic N) is 2. The molecule has 0 spiro atoms. The smallest absolute Gasteiger partial charge is 0.274 e. The molecule has 1 aromatic carbocycles. The number of piperidine rings is 1. The molecule has 7 nitrogen and oxygen atoms in total. The highest BCUT2D eigenvalue weighted by Gasteiger charge is 2.35. The number of hydrogen-bond acceptors (Lipinski definition) is 7. The van der Waals surface area contributed by atoms with E-state index in [9.17, 15) is 4.79 Å². The third-order valence-corrected chi connectivity index (χ3v) is 6.62. The van der Waals surface area contributed by atoms with Gasteiger partial charge in [-0.15, -0.1) is 0 Å². The Hall–Kier alpha value is -2.42. The average molecular weight is 413 g/mol. The Balaban J connectivity index is 1.15. The number of rotatable bonds is 4. The summed E-state index contributed by atoms with van der Waals surface area (Å²) < 4.78 is 12.7. The number of furan rings is 1. The van der Waals surface area contributed by atoms with Crippen molar-refractivity contribution in [3.8, 4) is 5.19 Å². The molecule has 152 valence electrons. The van der Waals surface area contributed by atoms with Crippen molar-refractivity contribution in [3.63, 3.8) is 0 Å². The Kier molecular flexibility index (Phi) is 4.99. The van der Waals surface area contributed by atoms with Crippen molar-refractivity contribution in [1.82, 2.24) is 20.7 Å². The maximum atomic E-state index is 12.9. The number of carbonyl (C=O) groups excluding carboxylic acids is 1. The molecule has 0 radical (unpaired) electrons. The quantitative estimate of drug-likeness (QED) is 0.685. The van der Waals surface area contributed by atoms with Crippen LogP contribution in [-0.4, -0.2) is 41.0 Å². The second-order valence-electron chi connectivity index (χ2n) is 7.69. The lowest BCUT2D eigenvalue weighted by molar-refractivity contribution is -0.135. The van der Waals surface area contributed by atoms with Crippen LogP contribution >= 0.6 is 11.3 Å². The van der Waals surface area contributed by atoms with E-state index >= 15 is 0 Å². The van der Waals surface area contributed by atoms with Gasteiger partial charge in [-0.25, -0.2) is 15.8 Å². The van der Waals surface area contributed by atoms with Crippen LogP contribution in [0.1, 0.15) is 36.6 Å². The van der Waals surface area contributed by atoms with E-state index < -0.39 is 0 Å². The first-order valence-corrected chi connectivity index (χ1v) is 10.8. The molecule has 0 saturated carbocycles. The topological polar surface area (TPSA) is 79.6 Å². The molecule has 2 aromatic heterocycles. The highest BCUT2D eigenvalue weighted by Crippen LogP contribution is 2.31. The van der Waals surface area contributed by atoms with Crippen molar-refractivity contribution >= 4 is 27.5 Å². The van der Waals surface area contributed by atoms with E-state index in [1.807, 2.05) is 23.1 Å². The van der Waals surface area contributed by atoms with Crippen molar-refractivity contribution in [1.29, 1.82) is 0 Å². The SMILES string of the molecule is Cc1cccc2sc(OC3CCN(C(=O)C4CC(c5ccco5)NN4)CC3)nc12. The summed E-state index contributed by atoms with van der Waals surface area (Å²) >= 11 is 1.59. The molecule has 1 amide bonds. The van der Waals surface area contributed by atoms with Gasteiger partial charge < -0.3 is 14.1 Å². The molecule has 3 aromatic rings. The van der Waals surface area contributed by atoms with Gasteiger partial charge in [0.2, 0.25) is 5.91 Å². The fourth-order valence-electron chi connectivity index (χ4n) is 4.07. The van der Waals surface area contributed by atoms with E-state index in [4.69, 9.17) is 9.15 Å². The Morgan fingerprint density at radius 1 is 1.24 bits per heavy atom. The van der Waals surface area contributed by atoms with Crippen LogP contribution in [0.3, 0.4) is 0 Å². The summed E-state index contributed by atoms with van der Waals surface area (Å²) in [6.45, 7) is 3.48. The van der Waals surface area contributed by atoms with Gasteiger partial charge >= 0.3 is 0 Å². The predicted octanol–water partition coefficient (Wildman–Crippen LogP) is 3.18. The summed E-state index contributed by atoms with van der Waals surface area (Å²) in [5, 5.41) is 0.724. The number of fused-ring (bicyclic) bond motifs is 1. The first kappa shape index (κ1) is 18.6. The fourth-order valence-corrected chi connectivity index (χ4v) is 5.03. The van der Waals surface area contributed by atoms with Crippen LogP contribution in [0.15, 0.2) is 41.0 Å². The number of amides is 1. The Morgan fingerprint density at radius 3 is 2.86 bits per heavy atom. The molecule has 2 unspecified atom stereocenters. The molecule has 5 rings (SSSR count). The number of para-hydroxylation sites is 1. The van der Waals surface area contributed by atoms with Crippen LogP contribution in [0.2, 0.25) is 0 Å². The van der Waals surface area contributed by atoms with Gasteiger partial charge in [-0.05, 0) is 37.1 Å². The van der Waals surface area contributed by atoms with Gasteiger partial charge in [-0.1, -0.05) is 23.5 Å². The zero-order valence-corrected chi connectivity index (χ0v) is 17.1. The van der Waals surface area contributed by atoms with Gasteiger partial charge in [0.15, 0.2) is 0 Å². The van der Waals surface area contributed by atoms with Gasteiger partial charge in [0.25, 0.3) is 5.19 Å². The van der Waals surface area contributed by atoms with E-state index in [1.165, 1.54) is 5.56 Å². The Labute approximate surface area is 173 Å². The monoisotopic (exact) mass is 412 g/mol. The predicted molar refractivity (Wildman–Crippen MR) is 111 cm³/mol. The number of likely N-dealkylation sites (tertiary alicyclic amines) is 1. The summed E-state index contributed by atoms with van der Waals surface area (Å²) in [7, 11) is 0. The number of hydrazine groups is 1. The van der Waals surface area contributed by atoms with Crippen LogP contribution < -0.4 is 15.6 Å². The van der Waals surface area contributed by atoms with Crippen LogP contribution in [0.25, 0.3) is 10.2 Å². The third-order valence-electron chi connectivity index (χ3n) is 5.71. The normalized spacial score (nSPS) is 23.0. The van der Waals surface area contributed by atoms with E-state index in [0.717, 1.165) is 34.0 Å². The Bertz CT molecular complexity index is 995. The van der Waals surface area contributed by atoms with Gasteiger partial charge in [0, 0.05) is 25.9 Å². The maximum Gasteiger partial charge on any atom is 0.274 e. The van der Waals surface area contributed by atoms with Crippen LogP contribution in [0, 0.1) is 6.92 Å². The second kappa shape index (κ2) is 7.78. The molecule has 2 aliphatic heterocycles. The van der Waals surface area contributed by atoms with E-state index in [-0.39, 0.29) is 24.1 Å². The van der Waals surface area contributed by atoms with Crippen molar-refractivity contribution in [3.05, 3.63) is 47.9 Å². The third kappa shape index (κ3) is 3.75.